The van der Waals surface area contributed by atoms with E-state index >= 15 is 0 Å². The highest BCUT2D eigenvalue weighted by Gasteiger charge is 2.26. The summed E-state index contributed by atoms with van der Waals surface area (Å²) in [6.07, 6.45) is 1.78. The summed E-state index contributed by atoms with van der Waals surface area (Å²) in [5.41, 5.74) is 1.77. The topological polar surface area (TPSA) is 65.5 Å². The molecule has 2 heterocycles. The van der Waals surface area contributed by atoms with E-state index in [1.165, 1.54) is 5.56 Å². The molecule has 1 atom stereocenters. The van der Waals surface area contributed by atoms with E-state index in [2.05, 4.69) is 36.0 Å². The van der Waals surface area contributed by atoms with Gasteiger partial charge in [-0.15, -0.1) is 0 Å². The minimum Gasteiger partial charge on any atom is -0.353 e. The molecule has 1 aliphatic heterocycles. The maximum Gasteiger partial charge on any atom is 0.251 e. The lowest BCUT2D eigenvalue weighted by Crippen LogP contribution is -2.54. The molecule has 0 bridgehead atoms. The van der Waals surface area contributed by atoms with Gasteiger partial charge in [0.2, 0.25) is 5.91 Å². The summed E-state index contributed by atoms with van der Waals surface area (Å²) in [6.45, 7) is 10.9. The largest absolute Gasteiger partial charge is 0.353 e. The second kappa shape index (κ2) is 8.64. The number of rotatable bonds is 4. The first-order valence-corrected chi connectivity index (χ1v) is 10.1. The van der Waals surface area contributed by atoms with Crippen LogP contribution in [0.4, 0.5) is 5.82 Å². The third kappa shape index (κ3) is 5.13. The highest BCUT2D eigenvalue weighted by atomic mass is 16.2. The van der Waals surface area contributed by atoms with Crippen molar-refractivity contribution >= 4 is 17.6 Å². The second-order valence-electron chi connectivity index (χ2n) is 8.52. The molecule has 1 fully saturated rings. The number of pyridine rings is 1. The third-order valence-corrected chi connectivity index (χ3v) is 5.30. The number of hydrogen-bond acceptors (Lipinski definition) is 4. The predicted molar refractivity (Wildman–Crippen MR) is 115 cm³/mol. The first kappa shape index (κ1) is 20.8. The lowest BCUT2D eigenvalue weighted by atomic mass is 9.86. The minimum absolute atomic E-state index is 0.0374. The zero-order valence-electron chi connectivity index (χ0n) is 17.7. The van der Waals surface area contributed by atoms with Crippen LogP contribution in [-0.2, 0) is 10.2 Å². The van der Waals surface area contributed by atoms with Crippen molar-refractivity contribution in [3.05, 3.63) is 59.8 Å². The Morgan fingerprint density at radius 3 is 2.21 bits per heavy atom. The zero-order valence-corrected chi connectivity index (χ0v) is 17.7. The molecule has 1 aromatic carbocycles. The monoisotopic (exact) mass is 394 g/mol. The average Bonchev–Trinajstić information content (AvgIpc) is 2.73. The molecule has 154 valence electrons. The smallest absolute Gasteiger partial charge is 0.251 e. The number of anilines is 1. The van der Waals surface area contributed by atoms with Gasteiger partial charge in [-0.05, 0) is 42.2 Å². The summed E-state index contributed by atoms with van der Waals surface area (Å²) < 4.78 is 0. The number of benzene rings is 1. The molecular formula is C23H30N4O2. The molecule has 1 N–H and O–H groups in total. The van der Waals surface area contributed by atoms with Crippen LogP contribution in [0, 0.1) is 0 Å². The fraction of sp³-hybridized carbons (Fsp3) is 0.435. The van der Waals surface area contributed by atoms with Crippen molar-refractivity contribution in [2.75, 3.05) is 31.1 Å². The molecule has 2 amide bonds. The molecule has 3 rings (SSSR count). The van der Waals surface area contributed by atoms with Crippen molar-refractivity contribution in [3.63, 3.8) is 0 Å². The van der Waals surface area contributed by atoms with E-state index in [-0.39, 0.29) is 17.2 Å². The highest BCUT2D eigenvalue weighted by Crippen LogP contribution is 2.22. The maximum atomic E-state index is 12.8. The van der Waals surface area contributed by atoms with Crippen molar-refractivity contribution in [1.82, 2.24) is 15.2 Å². The van der Waals surface area contributed by atoms with Gasteiger partial charge in [0.1, 0.15) is 11.9 Å². The zero-order chi connectivity index (χ0) is 21.0. The average molecular weight is 395 g/mol. The van der Waals surface area contributed by atoms with Crippen LogP contribution in [0.5, 0.6) is 0 Å². The Labute approximate surface area is 172 Å². The summed E-state index contributed by atoms with van der Waals surface area (Å²) in [6, 6.07) is 12.8. The lowest BCUT2D eigenvalue weighted by molar-refractivity contribution is -0.133. The summed E-state index contributed by atoms with van der Waals surface area (Å²) in [4.78, 5) is 33.7. The number of hydrogen-bond donors (Lipinski definition) is 1. The number of piperazine rings is 1. The number of amides is 2. The summed E-state index contributed by atoms with van der Waals surface area (Å²) in [5.74, 6) is 0.656. The number of carbonyl (C=O) groups excluding carboxylic acids is 2. The minimum atomic E-state index is -0.564. The molecule has 6 nitrogen and oxygen atoms in total. The van der Waals surface area contributed by atoms with Crippen LogP contribution >= 0.6 is 0 Å². The van der Waals surface area contributed by atoms with E-state index in [0.717, 1.165) is 18.9 Å². The van der Waals surface area contributed by atoms with Gasteiger partial charge in [0.05, 0.1) is 0 Å². The highest BCUT2D eigenvalue weighted by molar-refractivity contribution is 5.97. The summed E-state index contributed by atoms with van der Waals surface area (Å²) >= 11 is 0. The Morgan fingerprint density at radius 1 is 1.00 bits per heavy atom. The van der Waals surface area contributed by atoms with Crippen LogP contribution in [0.3, 0.4) is 0 Å². The lowest BCUT2D eigenvalue weighted by Gasteiger charge is -2.36. The van der Waals surface area contributed by atoms with Gasteiger partial charge in [-0.25, -0.2) is 4.98 Å². The first-order chi connectivity index (χ1) is 13.8. The molecular weight excluding hydrogens is 364 g/mol. The second-order valence-corrected chi connectivity index (χ2v) is 8.52. The summed E-state index contributed by atoms with van der Waals surface area (Å²) in [7, 11) is 0. The van der Waals surface area contributed by atoms with E-state index in [9.17, 15) is 9.59 Å². The van der Waals surface area contributed by atoms with Crippen LogP contribution in [0.1, 0.15) is 43.6 Å². The molecule has 0 spiro atoms. The van der Waals surface area contributed by atoms with Gasteiger partial charge in [0.15, 0.2) is 0 Å². The summed E-state index contributed by atoms with van der Waals surface area (Å²) in [5, 5.41) is 2.84. The molecule has 0 aliphatic carbocycles. The van der Waals surface area contributed by atoms with Gasteiger partial charge in [0, 0.05) is 37.9 Å². The number of nitrogens with one attached hydrogen (secondary N) is 1. The number of aromatic nitrogens is 1. The quantitative estimate of drug-likeness (QED) is 0.866. The molecule has 29 heavy (non-hydrogen) atoms. The third-order valence-electron chi connectivity index (χ3n) is 5.30. The molecule has 1 aromatic heterocycles. The fourth-order valence-electron chi connectivity index (χ4n) is 3.43. The standard InChI is InChI=1S/C23H30N4O2/c1-17(25-21(28)18-8-10-19(11-9-18)23(2,3)4)22(29)27-15-13-26(14-16-27)20-7-5-6-12-24-20/h5-12,17H,13-16H2,1-4H3,(H,25,28). The van der Waals surface area contributed by atoms with Gasteiger partial charge in [-0.3, -0.25) is 9.59 Å². The van der Waals surface area contributed by atoms with E-state index in [1.807, 2.05) is 47.4 Å². The predicted octanol–water partition coefficient (Wildman–Crippen LogP) is 2.85. The molecule has 6 heteroatoms. The Morgan fingerprint density at radius 2 is 1.66 bits per heavy atom. The number of nitrogens with zero attached hydrogens (tertiary/aromatic N) is 3. The van der Waals surface area contributed by atoms with Gasteiger partial charge in [0.25, 0.3) is 5.91 Å². The van der Waals surface area contributed by atoms with E-state index < -0.39 is 6.04 Å². The van der Waals surface area contributed by atoms with Crippen LogP contribution in [-0.4, -0.2) is 53.9 Å². The fourth-order valence-corrected chi connectivity index (χ4v) is 3.43. The van der Waals surface area contributed by atoms with Crippen molar-refractivity contribution in [2.45, 2.75) is 39.2 Å². The molecule has 2 aromatic rings. The van der Waals surface area contributed by atoms with Crippen LogP contribution in [0.2, 0.25) is 0 Å². The Bertz CT molecular complexity index is 835. The van der Waals surface area contributed by atoms with Crippen molar-refractivity contribution in [1.29, 1.82) is 0 Å². The maximum absolute atomic E-state index is 12.8. The van der Waals surface area contributed by atoms with Crippen molar-refractivity contribution in [2.24, 2.45) is 0 Å². The molecule has 0 radical (unpaired) electrons. The van der Waals surface area contributed by atoms with E-state index in [0.29, 0.717) is 18.7 Å². The normalized spacial score (nSPS) is 15.7. The number of carbonyl (C=O) groups is 2. The van der Waals surface area contributed by atoms with Gasteiger partial charge in [-0.2, -0.15) is 0 Å². The van der Waals surface area contributed by atoms with Crippen molar-refractivity contribution < 1.29 is 9.59 Å². The van der Waals surface area contributed by atoms with Crippen LogP contribution < -0.4 is 10.2 Å². The first-order valence-electron chi connectivity index (χ1n) is 10.1. The van der Waals surface area contributed by atoms with E-state index in [4.69, 9.17) is 0 Å². The molecule has 1 unspecified atom stereocenters. The van der Waals surface area contributed by atoms with Gasteiger partial charge < -0.3 is 15.1 Å². The van der Waals surface area contributed by atoms with Gasteiger partial charge >= 0.3 is 0 Å². The van der Waals surface area contributed by atoms with Crippen LogP contribution in [0.25, 0.3) is 0 Å². The SMILES string of the molecule is CC(NC(=O)c1ccc(C(C)(C)C)cc1)C(=O)N1CCN(c2ccccn2)CC1. The molecule has 1 aliphatic rings. The van der Waals surface area contributed by atoms with Gasteiger partial charge in [-0.1, -0.05) is 39.0 Å². The Balaban J connectivity index is 1.53. The molecule has 1 saturated heterocycles. The van der Waals surface area contributed by atoms with Crippen LogP contribution in [0.15, 0.2) is 48.7 Å². The van der Waals surface area contributed by atoms with E-state index in [1.54, 1.807) is 13.1 Å². The molecule has 0 saturated carbocycles. The Kier molecular flexibility index (Phi) is 6.20. The van der Waals surface area contributed by atoms with Crippen molar-refractivity contribution in [3.8, 4) is 0 Å². The Hall–Kier alpha value is -2.89.